The van der Waals surface area contributed by atoms with Crippen molar-refractivity contribution in [1.29, 1.82) is 0 Å². The van der Waals surface area contributed by atoms with Crippen LogP contribution in [0.15, 0.2) is 60.2 Å². The van der Waals surface area contributed by atoms with Crippen LogP contribution < -0.4 is 5.32 Å². The zero-order chi connectivity index (χ0) is 23.4. The van der Waals surface area contributed by atoms with Gasteiger partial charge in [0.25, 0.3) is 0 Å². The molecule has 0 unspecified atom stereocenters. The lowest BCUT2D eigenvalue weighted by molar-refractivity contribution is -0.139. The zero-order valence-electron chi connectivity index (χ0n) is 18.9. The van der Waals surface area contributed by atoms with Gasteiger partial charge in [-0.2, -0.15) is 13.2 Å². The Kier molecular flexibility index (Phi) is 9.12. The zero-order valence-corrected chi connectivity index (χ0v) is 19.7. The third-order valence-electron chi connectivity index (χ3n) is 5.65. The fourth-order valence-corrected chi connectivity index (χ4v) is 3.83. The highest BCUT2D eigenvalue weighted by atomic mass is 35.5. The van der Waals surface area contributed by atoms with Crippen LogP contribution in [0.5, 0.6) is 0 Å². The average molecular weight is 484 g/mol. The van der Waals surface area contributed by atoms with Gasteiger partial charge >= 0.3 is 12.1 Å². The summed E-state index contributed by atoms with van der Waals surface area (Å²) in [6.07, 6.45) is -2.62. The molecular formula is C25H29ClF3NO3. The maximum absolute atomic E-state index is 13.2. The Labute approximate surface area is 198 Å². The lowest BCUT2D eigenvalue weighted by Gasteiger charge is -2.38. The Bertz CT molecular complexity index is 979. The topological polar surface area (TPSA) is 47.6 Å². The average Bonchev–Trinajstić information content (AvgIpc) is 2.77. The fraction of sp³-hybridized carbons (Fsp3) is 0.400. The van der Waals surface area contributed by atoms with E-state index in [1.165, 1.54) is 0 Å². The minimum absolute atomic E-state index is 0. The van der Waals surface area contributed by atoms with E-state index in [2.05, 4.69) is 5.32 Å². The van der Waals surface area contributed by atoms with Crippen LogP contribution in [0.1, 0.15) is 48.6 Å². The molecule has 1 N–H and O–H groups in total. The number of benzene rings is 2. The van der Waals surface area contributed by atoms with Crippen molar-refractivity contribution in [1.82, 2.24) is 5.32 Å². The summed E-state index contributed by atoms with van der Waals surface area (Å²) in [5.74, 6) is -0.351. The molecule has 1 heterocycles. The number of ether oxygens (including phenoxy) is 2. The number of esters is 1. The van der Waals surface area contributed by atoms with Crippen molar-refractivity contribution >= 4 is 18.4 Å². The molecule has 0 aromatic heterocycles. The molecule has 0 aliphatic carbocycles. The standard InChI is InChI=1S/C25H28F3NO3.ClH/c1-4-31-23(30)19-10-11-24(29-15-19,21-8-6-5-7-9-21)16-32-18(3)20-12-17(2)13-22(14-20)25(26,27)28;/h5-10,12-14,18,29H,4,11,15-16H2,1-3H3;1H/t18-,24-;/m1./s1. The number of hydrogen-bond donors (Lipinski definition) is 1. The molecule has 180 valence electrons. The quantitative estimate of drug-likeness (QED) is 0.499. The molecule has 1 aliphatic rings. The van der Waals surface area contributed by atoms with Crippen molar-refractivity contribution in [2.24, 2.45) is 0 Å². The summed E-state index contributed by atoms with van der Waals surface area (Å²) in [6.45, 7) is 5.98. The highest BCUT2D eigenvalue weighted by Crippen LogP contribution is 2.35. The summed E-state index contributed by atoms with van der Waals surface area (Å²) >= 11 is 0. The van der Waals surface area contributed by atoms with Crippen molar-refractivity contribution in [2.75, 3.05) is 19.8 Å². The fourth-order valence-electron chi connectivity index (χ4n) is 3.83. The lowest BCUT2D eigenvalue weighted by Crippen LogP contribution is -2.50. The molecule has 0 saturated carbocycles. The number of carbonyl (C=O) groups is 1. The van der Waals surface area contributed by atoms with Gasteiger partial charge in [0.2, 0.25) is 0 Å². The van der Waals surface area contributed by atoms with Gasteiger partial charge < -0.3 is 14.8 Å². The summed E-state index contributed by atoms with van der Waals surface area (Å²) in [4.78, 5) is 12.1. The van der Waals surface area contributed by atoms with Gasteiger partial charge in [-0.3, -0.25) is 0 Å². The largest absolute Gasteiger partial charge is 0.463 e. The highest BCUT2D eigenvalue weighted by Gasteiger charge is 2.36. The maximum Gasteiger partial charge on any atom is 0.416 e. The first-order chi connectivity index (χ1) is 15.1. The van der Waals surface area contributed by atoms with E-state index >= 15 is 0 Å². The maximum atomic E-state index is 13.2. The van der Waals surface area contributed by atoms with Crippen LogP contribution in [0, 0.1) is 6.92 Å². The summed E-state index contributed by atoms with van der Waals surface area (Å²) in [7, 11) is 0. The van der Waals surface area contributed by atoms with Gasteiger partial charge in [0, 0.05) is 12.1 Å². The predicted octanol–water partition coefficient (Wildman–Crippen LogP) is 5.89. The SMILES string of the molecule is CCOC(=O)C1=CC[C@@](CO[C@H](C)c2cc(C)cc(C(F)(F)F)c2)(c2ccccc2)NC1.Cl. The third-order valence-corrected chi connectivity index (χ3v) is 5.65. The minimum atomic E-state index is -4.41. The van der Waals surface area contributed by atoms with E-state index in [9.17, 15) is 18.0 Å². The van der Waals surface area contributed by atoms with Gasteiger partial charge in [-0.25, -0.2) is 4.79 Å². The normalized spacial score (nSPS) is 19.3. The molecule has 2 aromatic rings. The van der Waals surface area contributed by atoms with Crippen LogP contribution in [-0.2, 0) is 26.0 Å². The molecule has 2 atom stereocenters. The van der Waals surface area contributed by atoms with Gasteiger partial charge in [-0.05, 0) is 50.5 Å². The third kappa shape index (κ3) is 6.59. The smallest absolute Gasteiger partial charge is 0.416 e. The van der Waals surface area contributed by atoms with Crippen LogP contribution in [0.3, 0.4) is 0 Å². The molecule has 0 saturated heterocycles. The first-order valence-corrected chi connectivity index (χ1v) is 10.6. The van der Waals surface area contributed by atoms with E-state index in [1.54, 1.807) is 26.8 Å². The molecule has 0 fully saturated rings. The van der Waals surface area contributed by atoms with E-state index in [-0.39, 0.29) is 25.0 Å². The molecule has 0 radical (unpaired) electrons. The van der Waals surface area contributed by atoms with Crippen molar-refractivity contribution in [3.05, 3.63) is 82.4 Å². The van der Waals surface area contributed by atoms with Crippen LogP contribution in [0.4, 0.5) is 13.2 Å². The minimum Gasteiger partial charge on any atom is -0.463 e. The number of hydrogen-bond acceptors (Lipinski definition) is 4. The van der Waals surface area contributed by atoms with Gasteiger partial charge in [0.1, 0.15) is 0 Å². The molecule has 0 amide bonds. The number of carbonyl (C=O) groups excluding carboxylic acids is 1. The first kappa shape index (κ1) is 26.9. The van der Waals surface area contributed by atoms with Crippen molar-refractivity contribution in [3.63, 3.8) is 0 Å². The van der Waals surface area contributed by atoms with Gasteiger partial charge in [-0.1, -0.05) is 48.0 Å². The first-order valence-electron chi connectivity index (χ1n) is 10.6. The Morgan fingerprint density at radius 2 is 1.88 bits per heavy atom. The molecule has 2 aromatic carbocycles. The second kappa shape index (κ2) is 11.2. The molecule has 1 aliphatic heterocycles. The molecule has 3 rings (SSSR count). The number of alkyl halides is 3. The Balaban J connectivity index is 0.00000385. The number of nitrogens with one attached hydrogen (secondary N) is 1. The highest BCUT2D eigenvalue weighted by molar-refractivity contribution is 5.89. The van der Waals surface area contributed by atoms with Crippen molar-refractivity contribution in [3.8, 4) is 0 Å². The number of aryl methyl sites for hydroxylation is 1. The van der Waals surface area contributed by atoms with Gasteiger partial charge in [0.15, 0.2) is 0 Å². The lowest BCUT2D eigenvalue weighted by atomic mass is 9.84. The summed E-state index contributed by atoms with van der Waals surface area (Å²) in [6, 6.07) is 13.7. The summed E-state index contributed by atoms with van der Waals surface area (Å²) < 4.78 is 50.9. The van der Waals surface area contributed by atoms with Crippen LogP contribution in [0.2, 0.25) is 0 Å². The summed E-state index contributed by atoms with van der Waals surface area (Å²) in [5, 5.41) is 3.42. The number of halogens is 4. The Hall–Kier alpha value is -2.35. The van der Waals surface area contributed by atoms with E-state index in [1.807, 2.05) is 36.4 Å². The van der Waals surface area contributed by atoms with Gasteiger partial charge in [-0.15, -0.1) is 12.4 Å². The second-order valence-corrected chi connectivity index (χ2v) is 8.04. The van der Waals surface area contributed by atoms with Crippen molar-refractivity contribution in [2.45, 2.75) is 45.0 Å². The van der Waals surface area contributed by atoms with E-state index in [0.717, 1.165) is 17.7 Å². The van der Waals surface area contributed by atoms with E-state index < -0.39 is 23.4 Å². The van der Waals surface area contributed by atoms with Gasteiger partial charge in [0.05, 0.1) is 30.4 Å². The molecule has 33 heavy (non-hydrogen) atoms. The van der Waals surface area contributed by atoms with Crippen LogP contribution >= 0.6 is 12.4 Å². The van der Waals surface area contributed by atoms with Crippen LogP contribution in [-0.4, -0.2) is 25.7 Å². The molecule has 8 heteroatoms. The second-order valence-electron chi connectivity index (χ2n) is 8.04. The van der Waals surface area contributed by atoms with E-state index in [0.29, 0.717) is 36.3 Å². The molecule has 4 nitrogen and oxygen atoms in total. The molecule has 0 bridgehead atoms. The number of rotatable bonds is 7. The molecule has 0 spiro atoms. The van der Waals surface area contributed by atoms with Crippen molar-refractivity contribution < 1.29 is 27.4 Å². The summed E-state index contributed by atoms with van der Waals surface area (Å²) in [5.41, 5.74) is 1.24. The monoisotopic (exact) mass is 483 g/mol. The Morgan fingerprint density at radius 3 is 2.45 bits per heavy atom. The van der Waals surface area contributed by atoms with E-state index in [4.69, 9.17) is 9.47 Å². The van der Waals surface area contributed by atoms with Crippen LogP contribution in [0.25, 0.3) is 0 Å². The predicted molar refractivity (Wildman–Crippen MR) is 123 cm³/mol. The molecular weight excluding hydrogens is 455 g/mol. The Morgan fingerprint density at radius 1 is 1.18 bits per heavy atom.